The highest BCUT2D eigenvalue weighted by atomic mass is 32.1. The molecule has 2 aliphatic rings. The predicted octanol–water partition coefficient (Wildman–Crippen LogP) is 6.04. The van der Waals surface area contributed by atoms with E-state index in [1.807, 2.05) is 4.90 Å². The van der Waals surface area contributed by atoms with Crippen LogP contribution in [0.25, 0.3) is 0 Å². The molecule has 1 aromatic heterocycles. The van der Waals surface area contributed by atoms with Gasteiger partial charge in [0.05, 0.1) is 16.1 Å². The van der Waals surface area contributed by atoms with Crippen molar-refractivity contribution in [2.24, 2.45) is 0 Å². The zero-order chi connectivity index (χ0) is 30.1. The molecule has 0 radical (unpaired) electrons. The number of piperazine rings is 1. The summed E-state index contributed by atoms with van der Waals surface area (Å²) in [5.41, 5.74) is -0.138. The number of amides is 2. The van der Waals surface area contributed by atoms with Gasteiger partial charge in [-0.1, -0.05) is 18.2 Å². The van der Waals surface area contributed by atoms with E-state index >= 15 is 0 Å². The maximum atomic E-state index is 13.1. The van der Waals surface area contributed by atoms with Crippen LogP contribution in [0, 0.1) is 0 Å². The van der Waals surface area contributed by atoms with Gasteiger partial charge in [-0.3, -0.25) is 9.59 Å². The van der Waals surface area contributed by atoms with E-state index in [1.54, 1.807) is 16.3 Å². The van der Waals surface area contributed by atoms with Gasteiger partial charge in [-0.2, -0.15) is 13.2 Å². The van der Waals surface area contributed by atoms with Crippen LogP contribution in [0.3, 0.4) is 0 Å². The normalized spacial score (nSPS) is 17.0. The molecule has 7 nitrogen and oxygen atoms in total. The molecule has 3 aromatic rings. The molecule has 0 aliphatic carbocycles. The van der Waals surface area contributed by atoms with Crippen LogP contribution < -0.4 is 9.64 Å². The van der Waals surface area contributed by atoms with E-state index in [9.17, 15) is 35.9 Å². The van der Waals surface area contributed by atoms with Crippen molar-refractivity contribution in [3.8, 4) is 5.75 Å². The first-order chi connectivity index (χ1) is 19.9. The third-order valence-electron chi connectivity index (χ3n) is 7.32. The minimum Gasteiger partial charge on any atom is -0.405 e. The lowest BCUT2D eigenvalue weighted by Gasteiger charge is -2.36. The van der Waals surface area contributed by atoms with E-state index < -0.39 is 29.8 Å². The number of likely N-dealkylation sites (tertiary alicyclic amines) is 1. The van der Waals surface area contributed by atoms with E-state index in [0.29, 0.717) is 63.5 Å². The number of aromatic nitrogens is 1. The molecule has 42 heavy (non-hydrogen) atoms. The first kappa shape index (κ1) is 29.7. The third kappa shape index (κ3) is 6.80. The molecule has 2 fully saturated rings. The fourth-order valence-corrected chi connectivity index (χ4v) is 6.10. The van der Waals surface area contributed by atoms with Gasteiger partial charge < -0.3 is 19.4 Å². The van der Waals surface area contributed by atoms with Crippen LogP contribution in [-0.2, 0) is 6.18 Å². The number of anilines is 1. The lowest BCUT2D eigenvalue weighted by molar-refractivity contribution is -0.274. The van der Waals surface area contributed by atoms with Crippen LogP contribution in [0.4, 0.5) is 32.0 Å². The first-order valence-electron chi connectivity index (χ1n) is 13.2. The minimum absolute atomic E-state index is 0.0139. The number of halogens is 6. The van der Waals surface area contributed by atoms with Gasteiger partial charge >= 0.3 is 12.5 Å². The van der Waals surface area contributed by atoms with E-state index in [1.165, 1.54) is 40.5 Å². The molecule has 3 heterocycles. The smallest absolute Gasteiger partial charge is 0.405 e. The number of carbonyl (C=O) groups excluding carboxylic acids is 2. The van der Waals surface area contributed by atoms with Crippen molar-refractivity contribution in [1.82, 2.24) is 14.8 Å². The Kier molecular flexibility index (Phi) is 8.35. The number of rotatable bonds is 5. The number of alkyl halides is 6. The second kappa shape index (κ2) is 11.8. The molecule has 0 bridgehead atoms. The van der Waals surface area contributed by atoms with E-state index in [2.05, 4.69) is 9.72 Å². The SMILES string of the molecule is O=C(c1csc(C2CCN(C(=O)c3ccccc3OC(F)(F)F)CC2)n1)N1CCN(c2cccc(C(F)(F)F)c2)CC1. The number of benzene rings is 2. The summed E-state index contributed by atoms with van der Waals surface area (Å²) in [4.78, 5) is 35.5. The van der Waals surface area contributed by atoms with E-state index in [0.717, 1.165) is 23.2 Å². The van der Waals surface area contributed by atoms with Crippen molar-refractivity contribution in [1.29, 1.82) is 0 Å². The highest BCUT2D eigenvalue weighted by Crippen LogP contribution is 2.34. The Labute approximate surface area is 241 Å². The summed E-state index contributed by atoms with van der Waals surface area (Å²) < 4.78 is 81.6. The van der Waals surface area contributed by atoms with Gasteiger partial charge in [0.15, 0.2) is 0 Å². The summed E-state index contributed by atoms with van der Waals surface area (Å²) in [5, 5.41) is 2.42. The molecule has 0 unspecified atom stereocenters. The second-order valence-corrected chi connectivity index (χ2v) is 10.9. The van der Waals surface area contributed by atoms with Crippen LogP contribution in [0.15, 0.2) is 53.9 Å². The maximum Gasteiger partial charge on any atom is 0.573 e. The molecule has 224 valence electrons. The van der Waals surface area contributed by atoms with Gasteiger partial charge in [-0.25, -0.2) is 4.98 Å². The van der Waals surface area contributed by atoms with Crippen LogP contribution in [-0.4, -0.2) is 72.2 Å². The molecule has 2 amide bonds. The van der Waals surface area contributed by atoms with Gasteiger partial charge in [0.25, 0.3) is 11.8 Å². The largest absolute Gasteiger partial charge is 0.573 e. The fraction of sp³-hybridized carbons (Fsp3) is 0.393. The molecule has 14 heteroatoms. The average molecular weight is 613 g/mol. The van der Waals surface area contributed by atoms with Crippen molar-refractivity contribution >= 4 is 28.8 Å². The van der Waals surface area contributed by atoms with Gasteiger partial charge in [-0.05, 0) is 43.2 Å². The Morgan fingerprint density at radius 2 is 1.50 bits per heavy atom. The van der Waals surface area contributed by atoms with Crippen LogP contribution >= 0.6 is 11.3 Å². The number of hydrogen-bond acceptors (Lipinski definition) is 6. The lowest BCUT2D eigenvalue weighted by atomic mass is 9.97. The molecule has 0 spiro atoms. The van der Waals surface area contributed by atoms with Crippen molar-refractivity contribution in [2.45, 2.75) is 31.3 Å². The number of para-hydroxylation sites is 1. The quantitative estimate of drug-likeness (QED) is 0.329. The predicted molar refractivity (Wildman–Crippen MR) is 143 cm³/mol. The standard InChI is InChI=1S/C28H26F6N4O3S/c29-27(30,31)19-4-3-5-20(16-19)36-12-14-38(15-13-36)26(40)22-17-42-24(35-22)18-8-10-37(11-9-18)25(39)21-6-1-2-7-23(21)41-28(32,33)34/h1-7,16-18H,8-15H2. The van der Waals surface area contributed by atoms with Crippen molar-refractivity contribution in [3.63, 3.8) is 0 Å². The Balaban J connectivity index is 1.15. The summed E-state index contributed by atoms with van der Waals surface area (Å²) in [7, 11) is 0. The summed E-state index contributed by atoms with van der Waals surface area (Å²) >= 11 is 1.34. The first-order valence-corrected chi connectivity index (χ1v) is 14.1. The zero-order valence-electron chi connectivity index (χ0n) is 22.1. The number of ether oxygens (including phenoxy) is 1. The second-order valence-electron chi connectivity index (χ2n) is 10.0. The number of hydrogen-bond donors (Lipinski definition) is 0. The topological polar surface area (TPSA) is 66.0 Å². The maximum absolute atomic E-state index is 13.1. The summed E-state index contributed by atoms with van der Waals surface area (Å²) in [5.74, 6) is -1.36. The summed E-state index contributed by atoms with van der Waals surface area (Å²) in [6.45, 7) is 2.06. The molecular weight excluding hydrogens is 586 g/mol. The minimum atomic E-state index is -4.92. The Morgan fingerprint density at radius 3 is 2.17 bits per heavy atom. The third-order valence-corrected chi connectivity index (χ3v) is 8.33. The fourth-order valence-electron chi connectivity index (χ4n) is 5.14. The zero-order valence-corrected chi connectivity index (χ0v) is 22.9. The highest BCUT2D eigenvalue weighted by Gasteiger charge is 2.35. The summed E-state index contributed by atoms with van der Waals surface area (Å²) in [6.07, 6.45) is -8.28. The Morgan fingerprint density at radius 1 is 0.833 bits per heavy atom. The molecular formula is C28H26F6N4O3S. The van der Waals surface area contributed by atoms with Crippen LogP contribution in [0.2, 0.25) is 0 Å². The van der Waals surface area contributed by atoms with E-state index in [4.69, 9.17) is 0 Å². The summed E-state index contributed by atoms with van der Waals surface area (Å²) in [6, 6.07) is 10.4. The number of nitrogens with zero attached hydrogens (tertiary/aromatic N) is 4. The van der Waals surface area contributed by atoms with Gasteiger partial charge in [0.1, 0.15) is 11.4 Å². The molecule has 2 saturated heterocycles. The van der Waals surface area contributed by atoms with Crippen LogP contribution in [0.1, 0.15) is 50.2 Å². The van der Waals surface area contributed by atoms with E-state index in [-0.39, 0.29) is 17.4 Å². The number of piperidine rings is 1. The Hall–Kier alpha value is -3.81. The van der Waals surface area contributed by atoms with Gasteiger partial charge in [0, 0.05) is 56.3 Å². The van der Waals surface area contributed by atoms with Crippen molar-refractivity contribution in [2.75, 3.05) is 44.2 Å². The number of thiazole rings is 1. The van der Waals surface area contributed by atoms with Gasteiger partial charge in [0.2, 0.25) is 0 Å². The van der Waals surface area contributed by atoms with Crippen molar-refractivity contribution < 1.29 is 40.7 Å². The lowest BCUT2D eigenvalue weighted by Crippen LogP contribution is -2.49. The molecule has 2 aliphatic heterocycles. The molecule has 5 rings (SSSR count). The molecule has 0 atom stereocenters. The van der Waals surface area contributed by atoms with Crippen molar-refractivity contribution in [3.05, 3.63) is 75.7 Å². The van der Waals surface area contributed by atoms with Gasteiger partial charge in [-0.15, -0.1) is 24.5 Å². The number of carbonyl (C=O) groups is 2. The van der Waals surface area contributed by atoms with Crippen LogP contribution in [0.5, 0.6) is 5.75 Å². The molecule has 2 aromatic carbocycles. The molecule has 0 saturated carbocycles. The monoisotopic (exact) mass is 612 g/mol. The Bertz CT molecular complexity index is 1430. The molecule has 0 N–H and O–H groups in total. The highest BCUT2D eigenvalue weighted by molar-refractivity contribution is 7.09. The average Bonchev–Trinajstić information content (AvgIpc) is 3.46.